The van der Waals surface area contributed by atoms with Crippen LogP contribution in [0.3, 0.4) is 0 Å². The predicted octanol–water partition coefficient (Wildman–Crippen LogP) is 0.315. The topological polar surface area (TPSA) is 102 Å². The second-order valence-electron chi connectivity index (χ2n) is 4.21. The Morgan fingerprint density at radius 1 is 1.67 bits per heavy atom. The molecule has 2 aromatic heterocycles. The summed E-state index contributed by atoms with van der Waals surface area (Å²) in [5.74, 6) is -0.00491. The highest BCUT2D eigenvalue weighted by atomic mass is 16.1. The van der Waals surface area contributed by atoms with E-state index in [0.717, 1.165) is 0 Å². The quantitative estimate of drug-likeness (QED) is 0.725. The van der Waals surface area contributed by atoms with Crippen LogP contribution in [-0.4, -0.2) is 31.9 Å². The molecule has 4 N–H and O–H groups in total. The van der Waals surface area contributed by atoms with Crippen molar-refractivity contribution >= 4 is 11.7 Å². The number of amides is 1. The van der Waals surface area contributed by atoms with E-state index in [0.29, 0.717) is 17.8 Å². The number of nitrogens with two attached hydrogens (primary N) is 1. The van der Waals surface area contributed by atoms with Gasteiger partial charge in [0, 0.05) is 24.1 Å². The summed E-state index contributed by atoms with van der Waals surface area (Å²) in [5, 5.41) is 13.4. The summed E-state index contributed by atoms with van der Waals surface area (Å²) >= 11 is 0. The summed E-state index contributed by atoms with van der Waals surface area (Å²) in [5.41, 5.74) is 6.70. The molecule has 0 aliphatic rings. The third-order valence-corrected chi connectivity index (χ3v) is 2.60. The average Bonchev–Trinajstić information content (AvgIpc) is 2.89. The van der Waals surface area contributed by atoms with E-state index in [9.17, 15) is 4.79 Å². The van der Waals surface area contributed by atoms with E-state index in [1.165, 1.54) is 0 Å². The zero-order valence-electron chi connectivity index (χ0n) is 10.3. The number of carbonyl (C=O) groups excluding carboxylic acids is 1. The largest absolute Gasteiger partial charge is 0.382 e. The lowest BCUT2D eigenvalue weighted by molar-refractivity contribution is 0.0936. The predicted molar refractivity (Wildman–Crippen MR) is 66.9 cm³/mol. The Kier molecular flexibility index (Phi) is 3.31. The highest BCUT2D eigenvalue weighted by Gasteiger charge is 2.17. The number of rotatable bonds is 4. The van der Waals surface area contributed by atoms with E-state index >= 15 is 0 Å². The lowest BCUT2D eigenvalue weighted by Gasteiger charge is -2.13. The van der Waals surface area contributed by atoms with Crippen molar-refractivity contribution in [3.05, 3.63) is 29.7 Å². The number of nitrogens with zero attached hydrogens (tertiary/aromatic N) is 3. The maximum atomic E-state index is 12.0. The zero-order valence-corrected chi connectivity index (χ0v) is 10.3. The maximum absolute atomic E-state index is 12.0. The number of H-pyrrole nitrogens is 1. The smallest absolute Gasteiger partial charge is 0.257 e. The third-order valence-electron chi connectivity index (χ3n) is 2.60. The Balaban J connectivity index is 1.99. The van der Waals surface area contributed by atoms with Gasteiger partial charge in [-0.3, -0.25) is 14.6 Å². The van der Waals surface area contributed by atoms with E-state index in [4.69, 9.17) is 5.73 Å². The molecule has 2 heterocycles. The van der Waals surface area contributed by atoms with Gasteiger partial charge in [0.1, 0.15) is 5.56 Å². The Labute approximate surface area is 104 Å². The van der Waals surface area contributed by atoms with Gasteiger partial charge in [-0.15, -0.1) is 0 Å². The number of nitrogen functional groups attached to an aromatic ring is 1. The summed E-state index contributed by atoms with van der Waals surface area (Å²) in [6, 6.07) is 1.79. The highest BCUT2D eigenvalue weighted by Crippen LogP contribution is 2.12. The van der Waals surface area contributed by atoms with Crippen molar-refractivity contribution < 1.29 is 4.79 Å². The monoisotopic (exact) mass is 248 g/mol. The standard InChI is InChI=1S/C11H16N6O/c1-7(6-17-5-3-4-13-17)14-11(18)9-8(2)15-16-10(9)12/h3-5,7H,6H2,1-2H3,(H,14,18)(H3,12,15,16). The number of aromatic amines is 1. The Bertz CT molecular complexity index is 510. The highest BCUT2D eigenvalue weighted by molar-refractivity contribution is 5.99. The van der Waals surface area contributed by atoms with Crippen LogP contribution in [0.25, 0.3) is 0 Å². The normalized spacial score (nSPS) is 12.3. The van der Waals surface area contributed by atoms with Gasteiger partial charge in [0.05, 0.1) is 6.54 Å². The molecular formula is C11H16N6O. The fraction of sp³-hybridized carbons (Fsp3) is 0.364. The Morgan fingerprint density at radius 3 is 3.00 bits per heavy atom. The van der Waals surface area contributed by atoms with Crippen LogP contribution in [0.5, 0.6) is 0 Å². The molecule has 0 bridgehead atoms. The molecule has 0 saturated carbocycles. The van der Waals surface area contributed by atoms with Gasteiger partial charge in [0.25, 0.3) is 5.91 Å². The van der Waals surface area contributed by atoms with Gasteiger partial charge in [-0.1, -0.05) is 0 Å². The molecule has 1 atom stereocenters. The first-order valence-corrected chi connectivity index (χ1v) is 5.66. The van der Waals surface area contributed by atoms with Crippen molar-refractivity contribution in [3.8, 4) is 0 Å². The number of nitrogens with one attached hydrogen (secondary N) is 2. The molecule has 2 rings (SSSR count). The number of carbonyl (C=O) groups is 1. The number of aryl methyl sites for hydroxylation is 1. The number of anilines is 1. The third kappa shape index (κ3) is 2.50. The summed E-state index contributed by atoms with van der Waals surface area (Å²) in [6.07, 6.45) is 3.55. The van der Waals surface area contributed by atoms with E-state index in [-0.39, 0.29) is 17.8 Å². The first-order chi connectivity index (χ1) is 8.58. The van der Waals surface area contributed by atoms with Crippen molar-refractivity contribution in [2.24, 2.45) is 0 Å². The van der Waals surface area contributed by atoms with Crippen LogP contribution in [0, 0.1) is 6.92 Å². The van der Waals surface area contributed by atoms with Gasteiger partial charge >= 0.3 is 0 Å². The first-order valence-electron chi connectivity index (χ1n) is 5.66. The number of hydrogen-bond donors (Lipinski definition) is 3. The van der Waals surface area contributed by atoms with Crippen molar-refractivity contribution in [2.75, 3.05) is 5.73 Å². The van der Waals surface area contributed by atoms with E-state index in [1.54, 1.807) is 17.8 Å². The average molecular weight is 248 g/mol. The molecule has 2 aromatic rings. The van der Waals surface area contributed by atoms with Gasteiger partial charge in [-0.2, -0.15) is 10.2 Å². The minimum absolute atomic E-state index is 0.0499. The summed E-state index contributed by atoms with van der Waals surface area (Å²) in [6.45, 7) is 4.27. The molecule has 0 radical (unpaired) electrons. The second kappa shape index (κ2) is 4.91. The van der Waals surface area contributed by atoms with Gasteiger partial charge in [0.15, 0.2) is 5.82 Å². The maximum Gasteiger partial charge on any atom is 0.257 e. The molecule has 18 heavy (non-hydrogen) atoms. The van der Waals surface area contributed by atoms with E-state index in [1.807, 2.05) is 19.2 Å². The molecule has 0 aliphatic carbocycles. The van der Waals surface area contributed by atoms with Crippen molar-refractivity contribution in [1.82, 2.24) is 25.3 Å². The SMILES string of the molecule is Cc1[nH]nc(N)c1C(=O)NC(C)Cn1cccn1. The van der Waals surface area contributed by atoms with Gasteiger partial charge in [-0.05, 0) is 19.9 Å². The van der Waals surface area contributed by atoms with Gasteiger partial charge in [-0.25, -0.2) is 0 Å². The van der Waals surface area contributed by atoms with Crippen molar-refractivity contribution in [3.63, 3.8) is 0 Å². The summed E-state index contributed by atoms with van der Waals surface area (Å²) < 4.78 is 1.76. The minimum Gasteiger partial charge on any atom is -0.382 e. The molecule has 1 amide bonds. The fourth-order valence-corrected chi connectivity index (χ4v) is 1.77. The molecule has 1 unspecified atom stereocenters. The van der Waals surface area contributed by atoms with Crippen LogP contribution in [0.2, 0.25) is 0 Å². The van der Waals surface area contributed by atoms with Crippen LogP contribution in [0.15, 0.2) is 18.5 Å². The molecule has 96 valence electrons. The van der Waals surface area contributed by atoms with Crippen LogP contribution < -0.4 is 11.1 Å². The first kappa shape index (κ1) is 12.2. The zero-order chi connectivity index (χ0) is 13.1. The van der Waals surface area contributed by atoms with Gasteiger partial charge < -0.3 is 11.1 Å². The molecule has 7 nitrogen and oxygen atoms in total. The van der Waals surface area contributed by atoms with E-state index < -0.39 is 0 Å². The molecule has 0 fully saturated rings. The second-order valence-corrected chi connectivity index (χ2v) is 4.21. The fourth-order valence-electron chi connectivity index (χ4n) is 1.77. The summed E-state index contributed by atoms with van der Waals surface area (Å²) in [7, 11) is 0. The summed E-state index contributed by atoms with van der Waals surface area (Å²) in [4.78, 5) is 12.0. The molecule has 0 aromatic carbocycles. The Morgan fingerprint density at radius 2 is 2.44 bits per heavy atom. The Hall–Kier alpha value is -2.31. The van der Waals surface area contributed by atoms with Crippen LogP contribution in [-0.2, 0) is 6.54 Å². The molecular weight excluding hydrogens is 232 g/mol. The van der Waals surface area contributed by atoms with Crippen molar-refractivity contribution in [1.29, 1.82) is 0 Å². The minimum atomic E-state index is -0.224. The lowest BCUT2D eigenvalue weighted by Crippen LogP contribution is -2.36. The van der Waals surface area contributed by atoms with Gasteiger partial charge in [0.2, 0.25) is 0 Å². The van der Waals surface area contributed by atoms with Crippen LogP contribution in [0.1, 0.15) is 23.0 Å². The molecule has 7 heteroatoms. The van der Waals surface area contributed by atoms with Crippen molar-refractivity contribution in [2.45, 2.75) is 26.4 Å². The molecule has 0 aliphatic heterocycles. The van der Waals surface area contributed by atoms with Crippen LogP contribution in [0.4, 0.5) is 5.82 Å². The molecule has 0 spiro atoms. The number of aromatic nitrogens is 4. The number of hydrogen-bond acceptors (Lipinski definition) is 4. The van der Waals surface area contributed by atoms with Crippen LogP contribution >= 0.6 is 0 Å². The van der Waals surface area contributed by atoms with E-state index in [2.05, 4.69) is 20.6 Å². The molecule has 0 saturated heterocycles. The lowest BCUT2D eigenvalue weighted by atomic mass is 10.2.